The van der Waals surface area contributed by atoms with Crippen LogP contribution in [-0.2, 0) is 0 Å². The maximum atomic E-state index is 11.2. The number of rotatable bonds is 1. The minimum atomic E-state index is -0.470. The van der Waals surface area contributed by atoms with Gasteiger partial charge in [-0.05, 0) is 13.8 Å². The highest BCUT2D eigenvalue weighted by Gasteiger charge is 2.10. The first kappa shape index (κ1) is 7.94. The summed E-state index contributed by atoms with van der Waals surface area (Å²) in [5, 5.41) is 0. The van der Waals surface area contributed by atoms with Gasteiger partial charge in [-0.3, -0.25) is 9.36 Å². The Balaban J connectivity index is 2.93. The number of nitrogens with two attached hydrogens (primary N) is 1. The SMILES string of the molecule is Cc1nccn1C(=O)C(C)N. The minimum absolute atomic E-state index is 0.125. The first-order valence-corrected chi connectivity index (χ1v) is 3.42. The lowest BCUT2D eigenvalue weighted by atomic mass is 10.3. The van der Waals surface area contributed by atoms with Crippen LogP contribution in [0, 0.1) is 6.92 Å². The van der Waals surface area contributed by atoms with Crippen molar-refractivity contribution >= 4 is 5.91 Å². The number of carbonyl (C=O) groups is 1. The minimum Gasteiger partial charge on any atom is -0.320 e. The molecule has 0 radical (unpaired) electrons. The van der Waals surface area contributed by atoms with Crippen molar-refractivity contribution in [1.82, 2.24) is 9.55 Å². The van der Waals surface area contributed by atoms with E-state index in [1.807, 2.05) is 0 Å². The van der Waals surface area contributed by atoms with Gasteiger partial charge in [-0.2, -0.15) is 0 Å². The lowest BCUT2D eigenvalue weighted by Gasteiger charge is -2.05. The summed E-state index contributed by atoms with van der Waals surface area (Å²) in [6.07, 6.45) is 3.19. The highest BCUT2D eigenvalue weighted by Crippen LogP contribution is 1.96. The van der Waals surface area contributed by atoms with E-state index in [-0.39, 0.29) is 5.91 Å². The van der Waals surface area contributed by atoms with Crippen LogP contribution >= 0.6 is 0 Å². The van der Waals surface area contributed by atoms with E-state index in [0.717, 1.165) is 0 Å². The smallest absolute Gasteiger partial charge is 0.248 e. The van der Waals surface area contributed by atoms with E-state index in [9.17, 15) is 4.79 Å². The topological polar surface area (TPSA) is 60.9 Å². The molecule has 0 aliphatic carbocycles. The Morgan fingerprint density at radius 3 is 2.82 bits per heavy atom. The largest absolute Gasteiger partial charge is 0.320 e. The van der Waals surface area contributed by atoms with Gasteiger partial charge >= 0.3 is 0 Å². The normalized spacial score (nSPS) is 13.0. The number of hydrogen-bond acceptors (Lipinski definition) is 3. The third kappa shape index (κ3) is 1.46. The molecule has 11 heavy (non-hydrogen) atoms. The Morgan fingerprint density at radius 1 is 1.82 bits per heavy atom. The van der Waals surface area contributed by atoms with Gasteiger partial charge in [-0.1, -0.05) is 0 Å². The van der Waals surface area contributed by atoms with Crippen LogP contribution in [0.5, 0.6) is 0 Å². The Labute approximate surface area is 65.0 Å². The van der Waals surface area contributed by atoms with Crippen molar-refractivity contribution in [2.45, 2.75) is 19.9 Å². The fourth-order valence-corrected chi connectivity index (χ4v) is 0.830. The van der Waals surface area contributed by atoms with Gasteiger partial charge in [0.1, 0.15) is 5.82 Å². The van der Waals surface area contributed by atoms with Crippen molar-refractivity contribution in [3.05, 3.63) is 18.2 Å². The quantitative estimate of drug-likeness (QED) is 0.626. The van der Waals surface area contributed by atoms with Gasteiger partial charge in [0, 0.05) is 12.4 Å². The van der Waals surface area contributed by atoms with Gasteiger partial charge in [0.25, 0.3) is 0 Å². The van der Waals surface area contributed by atoms with E-state index in [1.54, 1.807) is 26.2 Å². The molecule has 1 rings (SSSR count). The molecule has 0 fully saturated rings. The Morgan fingerprint density at radius 2 is 2.45 bits per heavy atom. The average Bonchev–Trinajstić information content (AvgIpc) is 2.33. The second kappa shape index (κ2) is 2.84. The average molecular weight is 153 g/mol. The predicted molar refractivity (Wildman–Crippen MR) is 41.2 cm³/mol. The summed E-state index contributed by atoms with van der Waals surface area (Å²) in [6, 6.07) is -0.470. The molecule has 1 heterocycles. The van der Waals surface area contributed by atoms with E-state index in [4.69, 9.17) is 5.73 Å². The molecule has 2 N–H and O–H groups in total. The molecule has 1 aromatic rings. The molecule has 4 heteroatoms. The molecule has 0 aromatic carbocycles. The zero-order chi connectivity index (χ0) is 8.43. The molecular weight excluding hydrogens is 142 g/mol. The lowest BCUT2D eigenvalue weighted by Crippen LogP contribution is -2.31. The highest BCUT2D eigenvalue weighted by molar-refractivity contribution is 5.83. The van der Waals surface area contributed by atoms with Crippen molar-refractivity contribution in [3.8, 4) is 0 Å². The van der Waals surface area contributed by atoms with Crippen molar-refractivity contribution in [2.75, 3.05) is 0 Å². The number of nitrogens with zero attached hydrogens (tertiary/aromatic N) is 2. The van der Waals surface area contributed by atoms with Gasteiger partial charge in [0.05, 0.1) is 6.04 Å². The first-order chi connectivity index (χ1) is 5.13. The number of aryl methyl sites for hydroxylation is 1. The summed E-state index contributed by atoms with van der Waals surface area (Å²) in [5.74, 6) is 0.548. The summed E-state index contributed by atoms with van der Waals surface area (Å²) in [5.41, 5.74) is 5.40. The van der Waals surface area contributed by atoms with Crippen LogP contribution in [0.25, 0.3) is 0 Å². The lowest BCUT2D eigenvalue weighted by molar-refractivity contribution is 0.0884. The molecule has 0 aliphatic heterocycles. The summed E-state index contributed by atoms with van der Waals surface area (Å²) in [6.45, 7) is 3.42. The zero-order valence-electron chi connectivity index (χ0n) is 6.61. The molecule has 0 saturated heterocycles. The fourth-order valence-electron chi connectivity index (χ4n) is 0.830. The van der Waals surface area contributed by atoms with Crippen LogP contribution in [0.15, 0.2) is 12.4 Å². The van der Waals surface area contributed by atoms with Gasteiger partial charge in [-0.25, -0.2) is 4.98 Å². The molecule has 4 nitrogen and oxygen atoms in total. The van der Waals surface area contributed by atoms with Crippen LogP contribution in [-0.4, -0.2) is 21.5 Å². The number of carbonyl (C=O) groups excluding carboxylic acids is 1. The monoisotopic (exact) mass is 153 g/mol. The second-order valence-corrected chi connectivity index (χ2v) is 2.47. The van der Waals surface area contributed by atoms with Gasteiger partial charge < -0.3 is 5.73 Å². The van der Waals surface area contributed by atoms with E-state index >= 15 is 0 Å². The maximum Gasteiger partial charge on any atom is 0.248 e. The molecule has 0 aliphatic rings. The zero-order valence-corrected chi connectivity index (χ0v) is 6.61. The Bertz CT molecular complexity index is 264. The first-order valence-electron chi connectivity index (χ1n) is 3.42. The summed E-state index contributed by atoms with van der Waals surface area (Å²) in [7, 11) is 0. The summed E-state index contributed by atoms with van der Waals surface area (Å²) < 4.78 is 1.45. The molecular formula is C7H11N3O. The van der Waals surface area contributed by atoms with Gasteiger partial charge in [0.15, 0.2) is 0 Å². The van der Waals surface area contributed by atoms with Crippen molar-refractivity contribution in [3.63, 3.8) is 0 Å². The van der Waals surface area contributed by atoms with Crippen molar-refractivity contribution < 1.29 is 4.79 Å². The van der Waals surface area contributed by atoms with Crippen molar-refractivity contribution in [1.29, 1.82) is 0 Å². The maximum absolute atomic E-state index is 11.2. The van der Waals surface area contributed by atoms with Gasteiger partial charge in [0.2, 0.25) is 5.91 Å². The van der Waals surface area contributed by atoms with E-state index < -0.39 is 6.04 Å². The number of aromatic nitrogens is 2. The molecule has 1 aromatic heterocycles. The van der Waals surface area contributed by atoms with E-state index in [1.165, 1.54) is 4.57 Å². The van der Waals surface area contributed by atoms with Crippen LogP contribution < -0.4 is 5.73 Å². The molecule has 60 valence electrons. The van der Waals surface area contributed by atoms with E-state index in [0.29, 0.717) is 5.82 Å². The van der Waals surface area contributed by atoms with Crippen LogP contribution in [0.1, 0.15) is 17.5 Å². The Kier molecular flexibility index (Phi) is 2.05. The van der Waals surface area contributed by atoms with Crippen LogP contribution in [0.4, 0.5) is 0 Å². The summed E-state index contributed by atoms with van der Waals surface area (Å²) >= 11 is 0. The molecule has 0 saturated carbocycles. The number of imidazole rings is 1. The Hall–Kier alpha value is -1.16. The van der Waals surface area contributed by atoms with Crippen molar-refractivity contribution in [2.24, 2.45) is 5.73 Å². The highest BCUT2D eigenvalue weighted by atomic mass is 16.2. The molecule has 0 amide bonds. The van der Waals surface area contributed by atoms with Crippen LogP contribution in [0.2, 0.25) is 0 Å². The molecule has 1 unspecified atom stereocenters. The predicted octanol–water partition coefficient (Wildman–Crippen LogP) is 0.179. The summed E-state index contributed by atoms with van der Waals surface area (Å²) in [4.78, 5) is 15.1. The number of hydrogen-bond donors (Lipinski definition) is 1. The van der Waals surface area contributed by atoms with Gasteiger partial charge in [-0.15, -0.1) is 0 Å². The van der Waals surface area contributed by atoms with E-state index in [2.05, 4.69) is 4.98 Å². The molecule has 0 bridgehead atoms. The third-order valence-electron chi connectivity index (χ3n) is 1.45. The standard InChI is InChI=1S/C7H11N3O/c1-5(8)7(11)10-4-3-9-6(10)2/h3-5H,8H2,1-2H3. The second-order valence-electron chi connectivity index (χ2n) is 2.47. The molecule has 0 spiro atoms. The fraction of sp³-hybridized carbons (Fsp3) is 0.429. The molecule has 1 atom stereocenters. The van der Waals surface area contributed by atoms with Crippen LogP contribution in [0.3, 0.4) is 0 Å². The third-order valence-corrected chi connectivity index (χ3v) is 1.45.